The van der Waals surface area contributed by atoms with Crippen molar-refractivity contribution in [1.82, 2.24) is 5.32 Å². The molecule has 0 unspecified atom stereocenters. The van der Waals surface area contributed by atoms with Crippen molar-refractivity contribution < 1.29 is 4.74 Å². The van der Waals surface area contributed by atoms with Gasteiger partial charge in [-0.15, -0.1) is 0 Å². The van der Waals surface area contributed by atoms with Crippen LogP contribution in [0.25, 0.3) is 5.57 Å². The maximum absolute atomic E-state index is 5.84. The third kappa shape index (κ3) is 3.16. The van der Waals surface area contributed by atoms with Gasteiger partial charge in [0.25, 0.3) is 0 Å². The number of ether oxygens (including phenoxy) is 1. The van der Waals surface area contributed by atoms with Crippen molar-refractivity contribution >= 4 is 11.8 Å². The molecule has 0 aromatic heterocycles. The highest BCUT2D eigenvalue weighted by molar-refractivity contribution is 5.85. The Morgan fingerprint density at radius 2 is 2.45 bits per heavy atom. The fourth-order valence-corrected chi connectivity index (χ4v) is 2.58. The molecule has 1 heterocycles. The van der Waals surface area contributed by atoms with Crippen LogP contribution in [0.5, 0.6) is 0 Å². The molecule has 0 bridgehead atoms. The zero-order valence-corrected chi connectivity index (χ0v) is 12.0. The minimum Gasteiger partial charge on any atom is -0.372 e. The number of aliphatic imine (C=N–C) groups is 1. The molecule has 0 radical (unpaired) electrons. The van der Waals surface area contributed by atoms with Crippen LogP contribution in [0.2, 0.25) is 0 Å². The second kappa shape index (κ2) is 7.04. The van der Waals surface area contributed by atoms with Crippen molar-refractivity contribution in [1.29, 1.82) is 0 Å². The molecule has 0 aliphatic carbocycles. The van der Waals surface area contributed by atoms with Crippen molar-refractivity contribution in [3.63, 3.8) is 0 Å². The average Bonchev–Trinajstić information content (AvgIpc) is 2.47. The van der Waals surface area contributed by atoms with Gasteiger partial charge < -0.3 is 10.1 Å². The smallest absolute Gasteiger partial charge is 0.0952 e. The molecule has 104 valence electrons. The molecule has 1 aromatic rings. The first kappa shape index (κ1) is 14.5. The third-order valence-electron chi connectivity index (χ3n) is 3.52. The van der Waals surface area contributed by atoms with Crippen LogP contribution in [0.15, 0.2) is 29.3 Å². The van der Waals surface area contributed by atoms with Gasteiger partial charge in [-0.25, -0.2) is 4.99 Å². The lowest BCUT2D eigenvalue weighted by molar-refractivity contribution is 0.0438. The summed E-state index contributed by atoms with van der Waals surface area (Å²) in [5.41, 5.74) is 5.09. The second-order valence-corrected chi connectivity index (χ2v) is 4.80. The minimum absolute atomic E-state index is 0.135. The number of terminal acetylenes is 1. The van der Waals surface area contributed by atoms with E-state index in [4.69, 9.17) is 11.2 Å². The number of allylic oxidation sites excluding steroid dienone is 2. The molecule has 0 saturated heterocycles. The monoisotopic (exact) mass is 268 g/mol. The van der Waals surface area contributed by atoms with Gasteiger partial charge in [0.1, 0.15) is 0 Å². The molecule has 1 atom stereocenters. The first-order valence-corrected chi connectivity index (χ1v) is 6.81. The predicted octanol–water partition coefficient (Wildman–Crippen LogP) is 2.58. The van der Waals surface area contributed by atoms with Crippen LogP contribution in [0.4, 0.5) is 0 Å². The lowest BCUT2D eigenvalue weighted by Crippen LogP contribution is -2.25. The van der Waals surface area contributed by atoms with E-state index in [1.165, 1.54) is 22.3 Å². The molecule has 20 heavy (non-hydrogen) atoms. The van der Waals surface area contributed by atoms with Crippen molar-refractivity contribution in [2.45, 2.75) is 19.4 Å². The zero-order chi connectivity index (χ0) is 14.4. The molecule has 1 N–H and O–H groups in total. The van der Waals surface area contributed by atoms with E-state index in [-0.39, 0.29) is 6.10 Å². The largest absolute Gasteiger partial charge is 0.372 e. The summed E-state index contributed by atoms with van der Waals surface area (Å²) in [6.45, 7) is 3.68. The molecular formula is C17H20N2O. The fourth-order valence-electron chi connectivity index (χ4n) is 2.58. The third-order valence-corrected chi connectivity index (χ3v) is 3.52. The predicted molar refractivity (Wildman–Crippen MR) is 83.7 cm³/mol. The van der Waals surface area contributed by atoms with Gasteiger partial charge in [0.15, 0.2) is 0 Å². The Morgan fingerprint density at radius 3 is 3.20 bits per heavy atom. The SMILES string of the molecule is C#CN=C/C=C(\C)c1cccc2c1CCO[C@@H]2CNC. The highest BCUT2D eigenvalue weighted by Gasteiger charge is 2.22. The van der Waals surface area contributed by atoms with Gasteiger partial charge in [0.2, 0.25) is 0 Å². The maximum atomic E-state index is 5.84. The lowest BCUT2D eigenvalue weighted by Gasteiger charge is -2.28. The molecular weight excluding hydrogens is 248 g/mol. The van der Waals surface area contributed by atoms with Gasteiger partial charge in [-0.05, 0) is 48.7 Å². The summed E-state index contributed by atoms with van der Waals surface area (Å²) in [6.07, 6.45) is 9.82. The quantitative estimate of drug-likeness (QED) is 0.672. The summed E-state index contributed by atoms with van der Waals surface area (Å²) in [6, 6.07) is 8.65. The fraction of sp³-hybridized carbons (Fsp3) is 0.353. The first-order valence-electron chi connectivity index (χ1n) is 6.81. The highest BCUT2D eigenvalue weighted by Crippen LogP contribution is 2.31. The van der Waals surface area contributed by atoms with Crippen LogP contribution in [0.3, 0.4) is 0 Å². The zero-order valence-electron chi connectivity index (χ0n) is 12.0. The van der Waals surface area contributed by atoms with Crippen molar-refractivity contribution in [2.75, 3.05) is 20.2 Å². The van der Waals surface area contributed by atoms with Crippen LogP contribution in [-0.4, -0.2) is 26.4 Å². The Balaban J connectivity index is 2.37. The lowest BCUT2D eigenvalue weighted by atomic mass is 9.90. The molecule has 0 fully saturated rings. The van der Waals surface area contributed by atoms with Crippen molar-refractivity contribution in [3.05, 3.63) is 41.0 Å². The number of likely N-dealkylation sites (N-methyl/N-ethyl adjacent to an activating group) is 1. The van der Waals surface area contributed by atoms with Gasteiger partial charge in [-0.1, -0.05) is 24.6 Å². The molecule has 2 rings (SSSR count). The molecule has 1 aromatic carbocycles. The molecule has 1 aliphatic heterocycles. The molecule has 3 heteroatoms. The Bertz CT molecular complexity index is 567. The Morgan fingerprint density at radius 1 is 1.60 bits per heavy atom. The van der Waals surface area contributed by atoms with Crippen LogP contribution >= 0.6 is 0 Å². The topological polar surface area (TPSA) is 33.6 Å². The molecule has 0 saturated carbocycles. The number of hydrogen-bond donors (Lipinski definition) is 1. The highest BCUT2D eigenvalue weighted by atomic mass is 16.5. The molecule has 1 aliphatic rings. The van der Waals surface area contributed by atoms with Crippen LogP contribution < -0.4 is 5.32 Å². The molecule has 0 spiro atoms. The Hall–Kier alpha value is -1.89. The number of fused-ring (bicyclic) bond motifs is 1. The van der Waals surface area contributed by atoms with Crippen molar-refractivity contribution in [3.8, 4) is 12.5 Å². The van der Waals surface area contributed by atoms with Crippen molar-refractivity contribution in [2.24, 2.45) is 4.99 Å². The van der Waals surface area contributed by atoms with Gasteiger partial charge >= 0.3 is 0 Å². The van der Waals surface area contributed by atoms with E-state index in [1.54, 1.807) is 6.21 Å². The second-order valence-electron chi connectivity index (χ2n) is 4.80. The van der Waals surface area contributed by atoms with Gasteiger partial charge in [-0.2, -0.15) is 0 Å². The van der Waals surface area contributed by atoms with E-state index >= 15 is 0 Å². The Labute approximate surface area is 120 Å². The summed E-state index contributed by atoms with van der Waals surface area (Å²) in [4.78, 5) is 3.79. The normalized spacial score (nSPS) is 18.9. The number of nitrogens with one attached hydrogen (secondary N) is 1. The van der Waals surface area contributed by atoms with Crippen LogP contribution in [0, 0.1) is 12.5 Å². The summed E-state index contributed by atoms with van der Waals surface area (Å²) in [5.74, 6) is 0. The minimum atomic E-state index is 0.135. The average molecular weight is 268 g/mol. The summed E-state index contributed by atoms with van der Waals surface area (Å²) in [7, 11) is 1.95. The first-order chi connectivity index (χ1) is 9.77. The van der Waals surface area contributed by atoms with E-state index in [9.17, 15) is 0 Å². The van der Waals surface area contributed by atoms with Gasteiger partial charge in [0.05, 0.1) is 12.7 Å². The molecule has 3 nitrogen and oxygen atoms in total. The summed E-state index contributed by atoms with van der Waals surface area (Å²) >= 11 is 0. The maximum Gasteiger partial charge on any atom is 0.0952 e. The number of benzene rings is 1. The Kier molecular flexibility index (Phi) is 5.11. The summed E-state index contributed by atoms with van der Waals surface area (Å²) in [5, 5.41) is 3.19. The van der Waals surface area contributed by atoms with Gasteiger partial charge in [0, 0.05) is 18.8 Å². The van der Waals surface area contributed by atoms with Gasteiger partial charge in [-0.3, -0.25) is 0 Å². The van der Waals surface area contributed by atoms with E-state index in [0.717, 1.165) is 19.6 Å². The van der Waals surface area contributed by atoms with Crippen LogP contribution in [-0.2, 0) is 11.2 Å². The van der Waals surface area contributed by atoms with E-state index in [0.29, 0.717) is 0 Å². The van der Waals surface area contributed by atoms with E-state index < -0.39 is 0 Å². The number of hydrogen-bond acceptors (Lipinski definition) is 3. The number of nitrogens with zero attached hydrogens (tertiary/aromatic N) is 1. The summed E-state index contributed by atoms with van der Waals surface area (Å²) < 4.78 is 5.84. The number of rotatable bonds is 4. The van der Waals surface area contributed by atoms with Crippen LogP contribution in [0.1, 0.15) is 29.7 Å². The molecule has 0 amide bonds. The standard InChI is InChI=1S/C17H20N2O/c1-4-19-10-8-13(2)14-6-5-7-16-15(14)9-11-20-17(16)12-18-3/h1,5-8,10,17-18H,9,11-12H2,2-3H3/b13-8+,19-10?/t17-/m1/s1. The van der Waals surface area contributed by atoms with E-state index in [2.05, 4.69) is 41.5 Å². The van der Waals surface area contributed by atoms with E-state index in [1.807, 2.05) is 13.1 Å².